The quantitative estimate of drug-likeness (QED) is 0.160. The number of rotatable bonds is 16. The predicted octanol–water partition coefficient (Wildman–Crippen LogP) is 5.17. The second-order valence-electron chi connectivity index (χ2n) is 10.3. The van der Waals surface area contributed by atoms with Gasteiger partial charge >= 0.3 is 5.97 Å². The lowest BCUT2D eigenvalue weighted by atomic mass is 10.0. The van der Waals surface area contributed by atoms with Crippen LogP contribution < -0.4 is 4.90 Å². The van der Waals surface area contributed by atoms with Gasteiger partial charge in [0.05, 0.1) is 18.3 Å². The van der Waals surface area contributed by atoms with Crippen molar-refractivity contribution in [2.45, 2.75) is 103 Å². The molecule has 1 aliphatic rings. The number of carbonyl (C=O) groups excluding carboxylic acids is 2. The molecule has 4 N–H and O–H groups in total. The monoisotopic (exact) mass is 577 g/mol. The van der Waals surface area contributed by atoms with Crippen LogP contribution in [-0.4, -0.2) is 64.3 Å². The zero-order chi connectivity index (χ0) is 29.3. The highest BCUT2D eigenvalue weighted by molar-refractivity contribution is 7.13. The van der Waals surface area contributed by atoms with Crippen LogP contribution in [0.4, 0.5) is 5.69 Å². The van der Waals surface area contributed by atoms with Crippen LogP contribution in [0.15, 0.2) is 36.4 Å². The van der Waals surface area contributed by atoms with E-state index in [-0.39, 0.29) is 38.1 Å². The van der Waals surface area contributed by atoms with E-state index in [2.05, 4.69) is 13.8 Å². The Balaban J connectivity index is 0.000000281. The Labute approximate surface area is 242 Å². The smallest absolute Gasteiger partial charge is 0.348 e. The van der Waals surface area contributed by atoms with Gasteiger partial charge < -0.3 is 30.1 Å². The summed E-state index contributed by atoms with van der Waals surface area (Å²) in [5.74, 6) is -0.241. The van der Waals surface area contributed by atoms with Gasteiger partial charge in [0.1, 0.15) is 11.5 Å². The molecule has 0 bridgehead atoms. The van der Waals surface area contributed by atoms with Gasteiger partial charge in [0.15, 0.2) is 0 Å². The molecule has 0 spiro atoms. The maximum atomic E-state index is 11.8. The number of carbonyl (C=O) groups is 2. The molecule has 0 aliphatic carbocycles. The normalized spacial score (nSPS) is 15.3. The molecule has 3 atom stereocenters. The molecule has 1 aromatic carbocycles. The largest absolute Gasteiger partial charge is 0.459 e. The number of benzene rings is 1. The van der Waals surface area contributed by atoms with Gasteiger partial charge in [-0.3, -0.25) is 4.79 Å². The fourth-order valence-corrected chi connectivity index (χ4v) is 5.36. The Morgan fingerprint density at radius 3 is 2.33 bits per heavy atom. The van der Waals surface area contributed by atoms with Crippen molar-refractivity contribution in [3.05, 3.63) is 51.7 Å². The summed E-state index contributed by atoms with van der Waals surface area (Å²) in [4.78, 5) is 27.0. The summed E-state index contributed by atoms with van der Waals surface area (Å²) in [6.45, 7) is 4.81. The van der Waals surface area contributed by atoms with Gasteiger partial charge in [-0.2, -0.15) is 0 Å². The van der Waals surface area contributed by atoms with E-state index in [9.17, 15) is 24.9 Å². The Morgan fingerprint density at radius 1 is 0.975 bits per heavy atom. The van der Waals surface area contributed by atoms with E-state index in [1.54, 1.807) is 6.07 Å². The molecule has 2 unspecified atom stereocenters. The van der Waals surface area contributed by atoms with Crippen LogP contribution in [0.1, 0.15) is 104 Å². The summed E-state index contributed by atoms with van der Waals surface area (Å²) in [5.41, 5.74) is 1.90. The number of anilines is 1. The molecule has 1 amide bonds. The molecule has 1 fully saturated rings. The van der Waals surface area contributed by atoms with Gasteiger partial charge in [-0.15, -0.1) is 11.3 Å². The number of amides is 1. The van der Waals surface area contributed by atoms with Gasteiger partial charge in [0, 0.05) is 36.6 Å². The lowest BCUT2D eigenvalue weighted by molar-refractivity contribution is -0.117. The number of thiophene rings is 1. The van der Waals surface area contributed by atoms with Crippen LogP contribution in [0.3, 0.4) is 0 Å². The number of unbranched alkanes of at least 4 members (excludes halogenated alkanes) is 3. The molecule has 2 aromatic rings. The first-order valence-corrected chi connectivity index (χ1v) is 15.4. The van der Waals surface area contributed by atoms with E-state index in [1.165, 1.54) is 17.8 Å². The highest BCUT2D eigenvalue weighted by Gasteiger charge is 2.21. The van der Waals surface area contributed by atoms with Crippen molar-refractivity contribution in [1.82, 2.24) is 0 Å². The second-order valence-corrected chi connectivity index (χ2v) is 11.4. The SMILES string of the molecule is CCCCC[C@H](O)c1ccc(N2CCCC2=O)cc1.CCCCc1ccc(C(=O)OCC(O)CC(O)CCO)s1. The third kappa shape index (κ3) is 12.1. The molecule has 1 saturated heterocycles. The second kappa shape index (κ2) is 18.9. The first kappa shape index (κ1) is 33.9. The number of esters is 1. The fourth-order valence-electron chi connectivity index (χ4n) is 4.42. The summed E-state index contributed by atoms with van der Waals surface area (Å²) in [7, 11) is 0. The van der Waals surface area contributed by atoms with E-state index in [0.717, 1.165) is 67.6 Å². The zero-order valence-electron chi connectivity index (χ0n) is 24.0. The van der Waals surface area contributed by atoms with Crippen molar-refractivity contribution < 1.29 is 34.8 Å². The molecule has 1 aliphatic heterocycles. The minimum Gasteiger partial charge on any atom is -0.459 e. The number of ether oxygens (including phenoxy) is 1. The molecule has 224 valence electrons. The van der Waals surface area contributed by atoms with Crippen LogP contribution in [-0.2, 0) is 16.0 Å². The summed E-state index contributed by atoms with van der Waals surface area (Å²) in [6, 6.07) is 11.4. The maximum Gasteiger partial charge on any atom is 0.348 e. The topological polar surface area (TPSA) is 128 Å². The van der Waals surface area contributed by atoms with Crippen molar-refractivity contribution in [3.63, 3.8) is 0 Å². The summed E-state index contributed by atoms with van der Waals surface area (Å²) in [6.07, 6.45) is 7.18. The fraction of sp³-hybridized carbons (Fsp3) is 0.613. The number of hydrogen-bond donors (Lipinski definition) is 4. The third-order valence-corrected chi connectivity index (χ3v) is 7.92. The number of aliphatic hydroxyl groups excluding tert-OH is 4. The molecule has 0 radical (unpaired) electrons. The Kier molecular flexibility index (Phi) is 16.1. The first-order valence-electron chi connectivity index (χ1n) is 14.6. The van der Waals surface area contributed by atoms with Crippen molar-refractivity contribution in [1.29, 1.82) is 0 Å². The average Bonchev–Trinajstić information content (AvgIpc) is 3.60. The van der Waals surface area contributed by atoms with Crippen molar-refractivity contribution in [2.75, 3.05) is 24.7 Å². The molecule has 8 nitrogen and oxygen atoms in total. The molecule has 40 heavy (non-hydrogen) atoms. The summed E-state index contributed by atoms with van der Waals surface area (Å²) in [5, 5.41) is 37.8. The van der Waals surface area contributed by atoms with Crippen LogP contribution in [0.5, 0.6) is 0 Å². The van der Waals surface area contributed by atoms with Gasteiger partial charge in [0.25, 0.3) is 0 Å². The van der Waals surface area contributed by atoms with E-state index in [0.29, 0.717) is 11.3 Å². The van der Waals surface area contributed by atoms with E-state index >= 15 is 0 Å². The molecule has 3 rings (SSSR count). The molecule has 9 heteroatoms. The standard InChI is InChI=1S/C16H23NO2.C15H24O5S/c1-2-3-4-6-15(18)13-8-10-14(11-9-13)17-12-5-7-16(17)19;1-2-3-4-13-5-6-14(21-13)15(19)20-10-12(18)9-11(17)7-8-16/h8-11,15,18H,2-7,12H2,1H3;5-6,11-12,16-18H,2-4,7-10H2,1H3/t15-;/m0./s1. The highest BCUT2D eigenvalue weighted by atomic mass is 32.1. The Hall–Kier alpha value is -2.30. The molecular formula is C31H47NO7S. The van der Waals surface area contributed by atoms with Gasteiger partial charge in [0.2, 0.25) is 5.91 Å². The lowest BCUT2D eigenvalue weighted by Crippen LogP contribution is -2.24. The Morgan fingerprint density at radius 2 is 1.70 bits per heavy atom. The molecule has 1 aromatic heterocycles. The van der Waals surface area contributed by atoms with Crippen LogP contribution in [0.25, 0.3) is 0 Å². The minimum atomic E-state index is -0.921. The van der Waals surface area contributed by atoms with Gasteiger partial charge in [-0.05, 0) is 61.9 Å². The number of aryl methyl sites for hydroxylation is 1. The average molecular weight is 578 g/mol. The molecular weight excluding hydrogens is 530 g/mol. The van der Waals surface area contributed by atoms with Gasteiger partial charge in [-0.25, -0.2) is 4.79 Å². The molecule has 2 heterocycles. The van der Waals surface area contributed by atoms with Crippen LogP contribution >= 0.6 is 11.3 Å². The maximum absolute atomic E-state index is 11.8. The highest BCUT2D eigenvalue weighted by Crippen LogP contribution is 2.25. The van der Waals surface area contributed by atoms with Crippen LogP contribution in [0, 0.1) is 0 Å². The van der Waals surface area contributed by atoms with Crippen LogP contribution in [0.2, 0.25) is 0 Å². The first-order chi connectivity index (χ1) is 19.3. The number of hydrogen-bond acceptors (Lipinski definition) is 8. The third-order valence-electron chi connectivity index (χ3n) is 6.80. The molecule has 0 saturated carbocycles. The predicted molar refractivity (Wildman–Crippen MR) is 159 cm³/mol. The Bertz CT molecular complexity index is 994. The lowest BCUT2D eigenvalue weighted by Gasteiger charge is -2.17. The van der Waals surface area contributed by atoms with E-state index in [1.807, 2.05) is 35.2 Å². The minimum absolute atomic E-state index is 0.0834. The van der Waals surface area contributed by atoms with Crippen molar-refractivity contribution in [2.24, 2.45) is 0 Å². The zero-order valence-corrected chi connectivity index (χ0v) is 24.8. The van der Waals surface area contributed by atoms with E-state index in [4.69, 9.17) is 9.84 Å². The summed E-state index contributed by atoms with van der Waals surface area (Å²) < 4.78 is 5.03. The summed E-state index contributed by atoms with van der Waals surface area (Å²) >= 11 is 1.42. The van der Waals surface area contributed by atoms with Gasteiger partial charge in [-0.1, -0.05) is 51.7 Å². The van der Waals surface area contributed by atoms with Crippen molar-refractivity contribution >= 4 is 28.9 Å². The van der Waals surface area contributed by atoms with Crippen molar-refractivity contribution in [3.8, 4) is 0 Å². The number of aliphatic hydroxyl groups is 4. The van der Waals surface area contributed by atoms with E-state index < -0.39 is 18.2 Å². The number of nitrogens with zero attached hydrogens (tertiary/aromatic N) is 1.